The zero-order valence-corrected chi connectivity index (χ0v) is 7.87. The molecule has 3 nitrogen and oxygen atoms in total. The van der Waals surface area contributed by atoms with Gasteiger partial charge in [0, 0.05) is 12.0 Å². The van der Waals surface area contributed by atoms with Crippen LogP contribution in [-0.4, -0.2) is 20.8 Å². The third-order valence-electron chi connectivity index (χ3n) is 1.86. The summed E-state index contributed by atoms with van der Waals surface area (Å²) < 4.78 is 10.1. The average molecular weight is 181 g/mol. The monoisotopic (exact) mass is 181 g/mol. The van der Waals surface area contributed by atoms with E-state index in [1.807, 2.05) is 18.2 Å². The summed E-state index contributed by atoms with van der Waals surface area (Å²) in [4.78, 5) is 0. The molecule has 71 valence electrons. The van der Waals surface area contributed by atoms with Gasteiger partial charge >= 0.3 is 0 Å². The van der Waals surface area contributed by atoms with Crippen molar-refractivity contribution >= 4 is 0 Å². The summed E-state index contributed by atoms with van der Waals surface area (Å²) in [6, 6.07) is 5.45. The van der Waals surface area contributed by atoms with Gasteiger partial charge < -0.3 is 9.47 Å². The van der Waals surface area contributed by atoms with Gasteiger partial charge in [0.05, 0.1) is 20.8 Å². The molecule has 13 heavy (non-hydrogen) atoms. The summed E-state index contributed by atoms with van der Waals surface area (Å²) in [6.45, 7) is -0.135. The third-order valence-corrected chi connectivity index (χ3v) is 1.86. The van der Waals surface area contributed by atoms with E-state index >= 15 is 0 Å². The van der Waals surface area contributed by atoms with E-state index in [0.29, 0.717) is 6.42 Å². The molecule has 1 rings (SSSR count). The molecule has 0 aliphatic carbocycles. The Morgan fingerprint density at radius 1 is 1.23 bits per heavy atom. The van der Waals surface area contributed by atoms with E-state index in [1.165, 1.54) is 0 Å². The molecule has 1 aromatic carbocycles. The Balaban J connectivity index is 2.95. The number of benzene rings is 1. The summed E-state index contributed by atoms with van der Waals surface area (Å²) in [5, 5.41) is 10.5. The predicted octanol–water partition coefficient (Wildman–Crippen LogP) is 1.68. The Kier molecular flexibility index (Phi) is 3.58. The molecule has 0 atom stereocenters. The Bertz CT molecular complexity index is 271. The summed E-state index contributed by atoms with van der Waals surface area (Å²) in [7, 11) is 3.19. The Labute approximate surface area is 77.9 Å². The number of hydrogen-bond donors (Lipinski definition) is 0. The van der Waals surface area contributed by atoms with Crippen molar-refractivity contribution < 1.29 is 14.6 Å². The van der Waals surface area contributed by atoms with Crippen LogP contribution in [0.15, 0.2) is 18.2 Å². The van der Waals surface area contributed by atoms with E-state index in [-0.39, 0.29) is 6.61 Å². The fraction of sp³-hybridized carbons (Fsp3) is 0.400. The van der Waals surface area contributed by atoms with Crippen LogP contribution in [0.2, 0.25) is 0 Å². The molecule has 0 saturated heterocycles. The molecule has 0 aliphatic heterocycles. The highest BCUT2D eigenvalue weighted by atomic mass is 16.5. The lowest BCUT2D eigenvalue weighted by Crippen LogP contribution is -1.95. The molecule has 0 amide bonds. The highest BCUT2D eigenvalue weighted by molar-refractivity contribution is 5.40. The van der Waals surface area contributed by atoms with Crippen molar-refractivity contribution in [3.8, 4) is 11.5 Å². The smallest absolute Gasteiger partial charge is 0.122 e. The topological polar surface area (TPSA) is 38.4 Å². The zero-order chi connectivity index (χ0) is 9.68. The Morgan fingerprint density at radius 2 is 2.00 bits per heavy atom. The van der Waals surface area contributed by atoms with Crippen LogP contribution in [0, 0.1) is 0 Å². The lowest BCUT2D eigenvalue weighted by Gasteiger charge is -2.08. The standard InChI is InChI=1S/C10H13O3/c1-12-9-3-4-10(13-2)8(7-9)5-6-11/h3-4,7H,5-6H2,1-2H3. The van der Waals surface area contributed by atoms with Gasteiger partial charge in [-0.15, -0.1) is 0 Å². The second-order valence-electron chi connectivity index (χ2n) is 2.63. The first-order chi connectivity index (χ1) is 6.31. The molecule has 0 unspecified atom stereocenters. The second-order valence-corrected chi connectivity index (χ2v) is 2.63. The average Bonchev–Trinajstić information content (AvgIpc) is 2.18. The molecular formula is C10H13O3. The molecule has 0 bridgehead atoms. The third kappa shape index (κ3) is 2.36. The highest BCUT2D eigenvalue weighted by Crippen LogP contribution is 2.23. The first-order valence-electron chi connectivity index (χ1n) is 4.11. The van der Waals surface area contributed by atoms with Gasteiger partial charge in [0.2, 0.25) is 0 Å². The largest absolute Gasteiger partial charge is 0.497 e. The van der Waals surface area contributed by atoms with Gasteiger partial charge in [-0.3, -0.25) is 0 Å². The SMILES string of the molecule is COc1ccc(OC)c(CC[O])c1. The minimum Gasteiger partial charge on any atom is -0.497 e. The molecular weight excluding hydrogens is 168 g/mol. The van der Waals surface area contributed by atoms with Gasteiger partial charge in [-0.25, -0.2) is 5.11 Å². The van der Waals surface area contributed by atoms with Crippen LogP contribution >= 0.6 is 0 Å². The van der Waals surface area contributed by atoms with Gasteiger partial charge in [0.25, 0.3) is 0 Å². The molecule has 0 aromatic heterocycles. The predicted molar refractivity (Wildman–Crippen MR) is 48.8 cm³/mol. The maximum atomic E-state index is 10.5. The van der Waals surface area contributed by atoms with Crippen LogP contribution in [0.25, 0.3) is 0 Å². The van der Waals surface area contributed by atoms with Crippen molar-refractivity contribution in [3.63, 3.8) is 0 Å². The molecule has 0 N–H and O–H groups in total. The second kappa shape index (κ2) is 4.72. The van der Waals surface area contributed by atoms with E-state index < -0.39 is 0 Å². The van der Waals surface area contributed by atoms with Crippen molar-refractivity contribution in [2.75, 3.05) is 20.8 Å². The summed E-state index contributed by atoms with van der Waals surface area (Å²) in [5.74, 6) is 1.50. The van der Waals surface area contributed by atoms with Crippen LogP contribution in [0.1, 0.15) is 5.56 Å². The maximum absolute atomic E-state index is 10.5. The minimum absolute atomic E-state index is 0.135. The van der Waals surface area contributed by atoms with Crippen LogP contribution < -0.4 is 9.47 Å². The maximum Gasteiger partial charge on any atom is 0.122 e. The van der Waals surface area contributed by atoms with Gasteiger partial charge in [0.1, 0.15) is 11.5 Å². The van der Waals surface area contributed by atoms with E-state index in [0.717, 1.165) is 17.1 Å². The molecule has 0 saturated carbocycles. The summed E-state index contributed by atoms with van der Waals surface area (Å²) in [5.41, 5.74) is 0.900. The van der Waals surface area contributed by atoms with Crippen molar-refractivity contribution in [2.45, 2.75) is 6.42 Å². The van der Waals surface area contributed by atoms with Crippen molar-refractivity contribution in [2.24, 2.45) is 0 Å². The number of rotatable bonds is 4. The number of methoxy groups -OCH3 is 2. The molecule has 1 radical (unpaired) electrons. The Morgan fingerprint density at radius 3 is 2.54 bits per heavy atom. The first-order valence-corrected chi connectivity index (χ1v) is 4.11. The molecule has 3 heteroatoms. The lowest BCUT2D eigenvalue weighted by molar-refractivity contribution is 0.196. The summed E-state index contributed by atoms with van der Waals surface area (Å²) in [6.07, 6.45) is 0.473. The van der Waals surface area contributed by atoms with Crippen molar-refractivity contribution in [3.05, 3.63) is 23.8 Å². The molecule has 0 aliphatic rings. The van der Waals surface area contributed by atoms with Gasteiger partial charge in [-0.2, -0.15) is 0 Å². The Hall–Kier alpha value is -1.22. The van der Waals surface area contributed by atoms with Crippen molar-refractivity contribution in [1.82, 2.24) is 0 Å². The van der Waals surface area contributed by atoms with Crippen LogP contribution in [0.4, 0.5) is 0 Å². The zero-order valence-electron chi connectivity index (χ0n) is 7.87. The van der Waals surface area contributed by atoms with Gasteiger partial charge in [-0.1, -0.05) is 0 Å². The van der Waals surface area contributed by atoms with Gasteiger partial charge in [0.15, 0.2) is 0 Å². The number of hydrogen-bond acceptors (Lipinski definition) is 2. The normalized spacial score (nSPS) is 9.77. The lowest BCUT2D eigenvalue weighted by atomic mass is 10.1. The van der Waals surface area contributed by atoms with E-state index in [4.69, 9.17) is 9.47 Å². The highest BCUT2D eigenvalue weighted by Gasteiger charge is 2.03. The van der Waals surface area contributed by atoms with E-state index in [2.05, 4.69) is 0 Å². The fourth-order valence-electron chi connectivity index (χ4n) is 1.19. The molecule has 0 fully saturated rings. The van der Waals surface area contributed by atoms with Crippen LogP contribution in [0.3, 0.4) is 0 Å². The van der Waals surface area contributed by atoms with Crippen LogP contribution in [-0.2, 0) is 11.5 Å². The van der Waals surface area contributed by atoms with Crippen molar-refractivity contribution in [1.29, 1.82) is 0 Å². The van der Waals surface area contributed by atoms with E-state index in [9.17, 15) is 5.11 Å². The minimum atomic E-state index is -0.135. The summed E-state index contributed by atoms with van der Waals surface area (Å²) >= 11 is 0. The fourth-order valence-corrected chi connectivity index (χ4v) is 1.19. The number of ether oxygens (including phenoxy) is 2. The molecule has 0 heterocycles. The van der Waals surface area contributed by atoms with Crippen LogP contribution in [0.5, 0.6) is 11.5 Å². The van der Waals surface area contributed by atoms with E-state index in [1.54, 1.807) is 14.2 Å². The quantitative estimate of drug-likeness (QED) is 0.708. The van der Waals surface area contributed by atoms with Gasteiger partial charge in [-0.05, 0) is 18.2 Å². The molecule has 1 aromatic rings. The molecule has 0 spiro atoms. The first kappa shape index (κ1) is 9.86.